The Balaban J connectivity index is 1.80. The molecule has 0 bridgehead atoms. The number of fused-ring (bicyclic) bond motifs is 1. The molecule has 4 nitrogen and oxygen atoms in total. The van der Waals surface area contributed by atoms with Gasteiger partial charge in [-0.3, -0.25) is 4.79 Å². The topological polar surface area (TPSA) is 55.4 Å². The van der Waals surface area contributed by atoms with Crippen molar-refractivity contribution in [3.63, 3.8) is 0 Å². The van der Waals surface area contributed by atoms with Gasteiger partial charge in [-0.15, -0.1) is 0 Å². The summed E-state index contributed by atoms with van der Waals surface area (Å²) < 4.78 is 6.25. The second kappa shape index (κ2) is 6.70. The molecule has 0 fully saturated rings. The highest BCUT2D eigenvalue weighted by atomic mass is 127. The summed E-state index contributed by atoms with van der Waals surface area (Å²) in [5.41, 5.74) is 3.31. The van der Waals surface area contributed by atoms with Crippen molar-refractivity contribution in [2.45, 2.75) is 25.9 Å². The van der Waals surface area contributed by atoms with Crippen LogP contribution in [0.5, 0.6) is 0 Å². The molecule has 1 unspecified atom stereocenters. The third-order valence-corrected chi connectivity index (χ3v) is 4.82. The first kappa shape index (κ1) is 16.0. The number of nitrogens with one attached hydrogen (secondary N) is 1. The summed E-state index contributed by atoms with van der Waals surface area (Å²) in [5.74, 6) is -0.730. The molecule has 1 atom stereocenters. The zero-order valence-electron chi connectivity index (χ0n) is 12.6. The number of rotatable bonds is 3. The molecule has 1 heterocycles. The van der Waals surface area contributed by atoms with Gasteiger partial charge in [0, 0.05) is 9.99 Å². The Hall–Kier alpha value is -1.89. The van der Waals surface area contributed by atoms with Crippen LogP contribution in [0.15, 0.2) is 42.5 Å². The summed E-state index contributed by atoms with van der Waals surface area (Å²) in [6.07, 6.45) is 0.504. The van der Waals surface area contributed by atoms with E-state index in [4.69, 9.17) is 4.74 Å². The van der Waals surface area contributed by atoms with Crippen LogP contribution in [0, 0.1) is 3.57 Å². The normalized spacial score (nSPS) is 16.4. The fourth-order valence-electron chi connectivity index (χ4n) is 2.59. The SMILES string of the molecule is CCc1ccc2c(c1)CC(C(=O)Nc1ccccc1I)OC2=O. The maximum Gasteiger partial charge on any atom is 0.339 e. The zero-order chi connectivity index (χ0) is 16.4. The van der Waals surface area contributed by atoms with Gasteiger partial charge < -0.3 is 10.1 Å². The number of esters is 1. The lowest BCUT2D eigenvalue weighted by atomic mass is 9.95. The number of para-hydroxylation sites is 1. The predicted octanol–water partition coefficient (Wildman–Crippen LogP) is 3.57. The molecule has 0 spiro atoms. The third-order valence-electron chi connectivity index (χ3n) is 3.88. The van der Waals surface area contributed by atoms with Gasteiger partial charge in [-0.05, 0) is 58.3 Å². The van der Waals surface area contributed by atoms with Gasteiger partial charge in [0.1, 0.15) is 0 Å². The molecule has 0 saturated carbocycles. The number of anilines is 1. The minimum Gasteiger partial charge on any atom is -0.448 e. The highest BCUT2D eigenvalue weighted by Crippen LogP contribution is 2.24. The van der Waals surface area contributed by atoms with Crippen LogP contribution < -0.4 is 5.32 Å². The van der Waals surface area contributed by atoms with Crippen LogP contribution in [0.4, 0.5) is 5.69 Å². The van der Waals surface area contributed by atoms with Gasteiger partial charge in [0.2, 0.25) is 0 Å². The average molecular weight is 421 g/mol. The van der Waals surface area contributed by atoms with Gasteiger partial charge >= 0.3 is 5.97 Å². The molecule has 0 saturated heterocycles. The Labute approximate surface area is 148 Å². The van der Waals surface area contributed by atoms with E-state index in [1.54, 1.807) is 6.07 Å². The summed E-state index contributed by atoms with van der Waals surface area (Å²) in [5, 5.41) is 2.84. The quantitative estimate of drug-likeness (QED) is 0.609. The van der Waals surface area contributed by atoms with E-state index in [0.717, 1.165) is 26.8 Å². The number of benzene rings is 2. The van der Waals surface area contributed by atoms with E-state index in [9.17, 15) is 9.59 Å². The summed E-state index contributed by atoms with van der Waals surface area (Å²) in [4.78, 5) is 24.6. The van der Waals surface area contributed by atoms with Crippen LogP contribution in [-0.2, 0) is 22.4 Å². The number of cyclic esters (lactones) is 1. The average Bonchev–Trinajstić information content (AvgIpc) is 2.56. The lowest BCUT2D eigenvalue weighted by Crippen LogP contribution is -2.38. The molecule has 2 aromatic rings. The van der Waals surface area contributed by atoms with Gasteiger partial charge in [-0.1, -0.05) is 31.2 Å². The summed E-state index contributed by atoms with van der Waals surface area (Å²) in [7, 11) is 0. The van der Waals surface area contributed by atoms with E-state index >= 15 is 0 Å². The maximum atomic E-state index is 12.4. The number of aryl methyl sites for hydroxylation is 1. The molecular weight excluding hydrogens is 405 g/mol. The Morgan fingerprint density at radius 1 is 1.30 bits per heavy atom. The molecule has 118 valence electrons. The lowest BCUT2D eigenvalue weighted by molar-refractivity contribution is -0.125. The number of carbonyl (C=O) groups excluding carboxylic acids is 2. The summed E-state index contributed by atoms with van der Waals surface area (Å²) >= 11 is 2.16. The van der Waals surface area contributed by atoms with Crippen molar-refractivity contribution < 1.29 is 14.3 Å². The fraction of sp³-hybridized carbons (Fsp3) is 0.222. The largest absolute Gasteiger partial charge is 0.448 e. The fourth-order valence-corrected chi connectivity index (χ4v) is 3.11. The van der Waals surface area contributed by atoms with Crippen molar-refractivity contribution in [3.8, 4) is 0 Å². The van der Waals surface area contributed by atoms with Crippen molar-refractivity contribution in [3.05, 3.63) is 62.7 Å². The van der Waals surface area contributed by atoms with E-state index in [1.165, 1.54) is 0 Å². The first-order valence-corrected chi connectivity index (χ1v) is 8.54. The smallest absolute Gasteiger partial charge is 0.339 e. The molecule has 1 aliphatic heterocycles. The molecule has 5 heteroatoms. The highest BCUT2D eigenvalue weighted by Gasteiger charge is 2.31. The first-order chi connectivity index (χ1) is 11.1. The lowest BCUT2D eigenvalue weighted by Gasteiger charge is -2.24. The molecule has 0 radical (unpaired) electrons. The molecule has 23 heavy (non-hydrogen) atoms. The molecule has 1 aliphatic rings. The minimum atomic E-state index is -0.793. The van der Waals surface area contributed by atoms with E-state index < -0.39 is 12.1 Å². The van der Waals surface area contributed by atoms with Crippen LogP contribution in [0.2, 0.25) is 0 Å². The van der Waals surface area contributed by atoms with Gasteiger partial charge in [0.05, 0.1) is 11.3 Å². The maximum absolute atomic E-state index is 12.4. The van der Waals surface area contributed by atoms with Gasteiger partial charge in [-0.25, -0.2) is 4.79 Å². The monoisotopic (exact) mass is 421 g/mol. The van der Waals surface area contributed by atoms with E-state index in [1.807, 2.05) is 36.4 Å². The number of halogens is 1. The molecule has 3 rings (SSSR count). The zero-order valence-corrected chi connectivity index (χ0v) is 14.8. The van der Waals surface area contributed by atoms with E-state index in [-0.39, 0.29) is 5.91 Å². The van der Waals surface area contributed by atoms with Crippen molar-refractivity contribution in [2.24, 2.45) is 0 Å². The number of ether oxygens (including phenoxy) is 1. The Morgan fingerprint density at radius 2 is 2.09 bits per heavy atom. The predicted molar refractivity (Wildman–Crippen MR) is 96.5 cm³/mol. The van der Waals surface area contributed by atoms with Crippen LogP contribution >= 0.6 is 22.6 Å². The van der Waals surface area contributed by atoms with Crippen molar-refractivity contribution in [1.29, 1.82) is 0 Å². The highest BCUT2D eigenvalue weighted by molar-refractivity contribution is 14.1. The third kappa shape index (κ3) is 3.39. The van der Waals surface area contributed by atoms with Crippen LogP contribution in [0.1, 0.15) is 28.4 Å². The molecule has 2 aromatic carbocycles. The summed E-state index contributed by atoms with van der Waals surface area (Å²) in [6.45, 7) is 2.06. The Morgan fingerprint density at radius 3 is 2.83 bits per heavy atom. The minimum absolute atomic E-state index is 0.296. The van der Waals surface area contributed by atoms with Gasteiger partial charge in [0.25, 0.3) is 5.91 Å². The molecule has 0 aliphatic carbocycles. The van der Waals surface area contributed by atoms with Crippen LogP contribution in [0.3, 0.4) is 0 Å². The standard InChI is InChI=1S/C18H16INO3/c1-2-11-7-8-13-12(9-11)10-16(23-18(13)22)17(21)20-15-6-4-3-5-14(15)19/h3-9,16H,2,10H2,1H3,(H,20,21). The van der Waals surface area contributed by atoms with E-state index in [0.29, 0.717) is 12.0 Å². The Bertz CT molecular complexity index is 773. The van der Waals surface area contributed by atoms with Crippen LogP contribution in [-0.4, -0.2) is 18.0 Å². The first-order valence-electron chi connectivity index (χ1n) is 7.46. The number of carbonyl (C=O) groups is 2. The van der Waals surface area contributed by atoms with Gasteiger partial charge in [-0.2, -0.15) is 0 Å². The second-order valence-corrected chi connectivity index (χ2v) is 6.57. The van der Waals surface area contributed by atoms with Gasteiger partial charge in [0.15, 0.2) is 6.10 Å². The number of hydrogen-bond donors (Lipinski definition) is 1. The van der Waals surface area contributed by atoms with E-state index in [2.05, 4.69) is 34.8 Å². The van der Waals surface area contributed by atoms with Crippen LogP contribution in [0.25, 0.3) is 0 Å². The Kier molecular flexibility index (Phi) is 4.66. The number of hydrogen-bond acceptors (Lipinski definition) is 3. The summed E-state index contributed by atoms with van der Waals surface area (Å²) in [6, 6.07) is 13.2. The molecular formula is C18H16INO3. The molecule has 1 N–H and O–H groups in total. The van der Waals surface area contributed by atoms with Crippen molar-refractivity contribution >= 4 is 40.2 Å². The van der Waals surface area contributed by atoms with Crippen molar-refractivity contribution in [1.82, 2.24) is 0 Å². The second-order valence-electron chi connectivity index (χ2n) is 5.41. The molecule has 1 amide bonds. The number of amides is 1. The molecule has 0 aromatic heterocycles. The van der Waals surface area contributed by atoms with Crippen molar-refractivity contribution in [2.75, 3.05) is 5.32 Å².